The summed E-state index contributed by atoms with van der Waals surface area (Å²) < 4.78 is 71.3. The van der Waals surface area contributed by atoms with Gasteiger partial charge >= 0.3 is 12.4 Å². The molecule has 3 aromatic carbocycles. The Labute approximate surface area is 259 Å². The Hall–Kier alpha value is -4.72. The van der Waals surface area contributed by atoms with E-state index in [1.165, 1.54) is 59.2 Å². The number of alkyl halides is 3. The molecule has 45 heavy (non-hydrogen) atoms. The number of ether oxygens (including phenoxy) is 1. The van der Waals surface area contributed by atoms with E-state index in [2.05, 4.69) is 25.1 Å². The SMILES string of the molecule is CC(C)c1cc(F)ccc1N1CCCS/C1=N\C(=O)N/C=C(\F)c1ccc(-c2ncn(-c3ccc(OC(F)(F)F)cc3)n2)cc1. The molecular formula is C31H27F5N6O2S. The minimum absolute atomic E-state index is 0.0510. The Kier molecular flexibility index (Phi) is 9.51. The smallest absolute Gasteiger partial charge is 0.406 e. The number of carbonyl (C=O) groups excluding carboxylic acids is 1. The van der Waals surface area contributed by atoms with E-state index >= 15 is 0 Å². The van der Waals surface area contributed by atoms with Gasteiger partial charge in [0, 0.05) is 35.3 Å². The monoisotopic (exact) mass is 642 g/mol. The molecule has 5 rings (SSSR count). The van der Waals surface area contributed by atoms with Crippen LogP contribution in [0.1, 0.15) is 37.3 Å². The molecule has 2 amide bonds. The Morgan fingerprint density at radius 3 is 2.51 bits per heavy atom. The number of anilines is 1. The Morgan fingerprint density at radius 1 is 1.09 bits per heavy atom. The number of amides is 2. The molecular weight excluding hydrogens is 615 g/mol. The van der Waals surface area contributed by atoms with E-state index in [4.69, 9.17) is 0 Å². The number of urea groups is 1. The van der Waals surface area contributed by atoms with E-state index in [0.717, 1.165) is 41.8 Å². The number of carbonyl (C=O) groups is 1. The molecule has 0 unspecified atom stereocenters. The summed E-state index contributed by atoms with van der Waals surface area (Å²) in [6, 6.07) is 15.1. The molecule has 0 aliphatic carbocycles. The normalized spacial score (nSPS) is 15.1. The average Bonchev–Trinajstić information content (AvgIpc) is 3.50. The maximum absolute atomic E-state index is 14.9. The van der Waals surface area contributed by atoms with Gasteiger partial charge < -0.3 is 15.0 Å². The Morgan fingerprint density at radius 2 is 1.82 bits per heavy atom. The fraction of sp³-hybridized carbons (Fsp3) is 0.226. The second-order valence-electron chi connectivity index (χ2n) is 10.2. The first-order valence-corrected chi connectivity index (χ1v) is 14.8. The lowest BCUT2D eigenvalue weighted by Crippen LogP contribution is -2.36. The van der Waals surface area contributed by atoms with Crippen molar-refractivity contribution in [2.45, 2.75) is 32.5 Å². The maximum atomic E-state index is 14.9. The Balaban J connectivity index is 1.24. The number of hydrogen-bond donors (Lipinski definition) is 1. The van der Waals surface area contributed by atoms with Gasteiger partial charge in [-0.15, -0.1) is 18.3 Å². The first kappa shape index (κ1) is 31.7. The highest BCUT2D eigenvalue weighted by atomic mass is 32.2. The topological polar surface area (TPSA) is 84.6 Å². The van der Waals surface area contributed by atoms with Gasteiger partial charge in [-0.2, -0.15) is 4.99 Å². The highest BCUT2D eigenvalue weighted by Crippen LogP contribution is 2.33. The van der Waals surface area contributed by atoms with Gasteiger partial charge in [0.15, 0.2) is 11.0 Å². The second kappa shape index (κ2) is 13.5. The predicted molar refractivity (Wildman–Crippen MR) is 163 cm³/mol. The highest BCUT2D eigenvalue weighted by Gasteiger charge is 2.31. The molecule has 0 radical (unpaired) electrons. The van der Waals surface area contributed by atoms with Crippen LogP contribution in [0.15, 0.2) is 84.2 Å². The van der Waals surface area contributed by atoms with Gasteiger partial charge in [0.25, 0.3) is 0 Å². The number of aliphatic imine (C=N–C) groups is 1. The summed E-state index contributed by atoms with van der Waals surface area (Å²) in [5.41, 5.74) is 2.79. The summed E-state index contributed by atoms with van der Waals surface area (Å²) in [4.78, 5) is 22.9. The molecule has 0 atom stereocenters. The summed E-state index contributed by atoms with van der Waals surface area (Å²) in [6.45, 7) is 4.53. The third-order valence-electron chi connectivity index (χ3n) is 6.66. The predicted octanol–water partition coefficient (Wildman–Crippen LogP) is 8.07. The van der Waals surface area contributed by atoms with Gasteiger partial charge in [-0.05, 0) is 60.4 Å². The van der Waals surface area contributed by atoms with E-state index in [1.54, 1.807) is 18.2 Å². The van der Waals surface area contributed by atoms with Crippen LogP contribution in [-0.2, 0) is 0 Å². The molecule has 1 aromatic heterocycles. The first-order chi connectivity index (χ1) is 21.5. The van der Waals surface area contributed by atoms with Gasteiger partial charge in [0.05, 0.1) is 5.69 Å². The quantitative estimate of drug-likeness (QED) is 0.205. The van der Waals surface area contributed by atoms with Crippen molar-refractivity contribution in [3.05, 3.63) is 96.2 Å². The number of benzene rings is 3. The first-order valence-electron chi connectivity index (χ1n) is 13.8. The zero-order valence-corrected chi connectivity index (χ0v) is 24.9. The number of halogens is 5. The number of nitrogens with zero attached hydrogens (tertiary/aromatic N) is 5. The fourth-order valence-electron chi connectivity index (χ4n) is 4.54. The molecule has 234 valence electrons. The summed E-state index contributed by atoms with van der Waals surface area (Å²) in [5.74, 6) is -0.287. The van der Waals surface area contributed by atoms with Gasteiger partial charge in [-0.25, -0.2) is 23.2 Å². The lowest BCUT2D eigenvalue weighted by molar-refractivity contribution is -0.274. The molecule has 4 aromatic rings. The molecule has 0 bridgehead atoms. The van der Waals surface area contributed by atoms with Crippen LogP contribution >= 0.6 is 11.8 Å². The van der Waals surface area contributed by atoms with Crippen LogP contribution in [0.25, 0.3) is 22.9 Å². The minimum Gasteiger partial charge on any atom is -0.406 e. The van der Waals surface area contributed by atoms with Crippen LogP contribution in [0.2, 0.25) is 0 Å². The zero-order chi connectivity index (χ0) is 32.1. The van der Waals surface area contributed by atoms with Crippen LogP contribution in [0.4, 0.5) is 32.4 Å². The fourth-order valence-corrected chi connectivity index (χ4v) is 5.48. The molecule has 8 nitrogen and oxygen atoms in total. The number of amidine groups is 1. The van der Waals surface area contributed by atoms with Crippen molar-refractivity contribution in [1.29, 1.82) is 0 Å². The second-order valence-corrected chi connectivity index (χ2v) is 11.2. The van der Waals surface area contributed by atoms with Gasteiger partial charge in [-0.3, -0.25) is 0 Å². The molecule has 1 aliphatic rings. The highest BCUT2D eigenvalue weighted by molar-refractivity contribution is 8.14. The van der Waals surface area contributed by atoms with Crippen molar-refractivity contribution < 1.29 is 31.5 Å². The summed E-state index contributed by atoms with van der Waals surface area (Å²) in [5, 5.41) is 7.14. The zero-order valence-electron chi connectivity index (χ0n) is 24.1. The van der Waals surface area contributed by atoms with Crippen LogP contribution in [-0.4, -0.2) is 44.6 Å². The van der Waals surface area contributed by atoms with Crippen LogP contribution < -0.4 is 15.0 Å². The summed E-state index contributed by atoms with van der Waals surface area (Å²) in [6.07, 6.45) is -1.61. The summed E-state index contributed by atoms with van der Waals surface area (Å²) in [7, 11) is 0. The lowest BCUT2D eigenvalue weighted by atomic mass is 10.00. The third kappa shape index (κ3) is 8.06. The largest absolute Gasteiger partial charge is 0.573 e. The number of hydrogen-bond acceptors (Lipinski definition) is 5. The number of rotatable bonds is 7. The lowest BCUT2D eigenvalue weighted by Gasteiger charge is -2.31. The van der Waals surface area contributed by atoms with Gasteiger partial charge in [0.1, 0.15) is 23.7 Å². The van der Waals surface area contributed by atoms with Crippen molar-refractivity contribution in [2.24, 2.45) is 4.99 Å². The van der Waals surface area contributed by atoms with Gasteiger partial charge in [-0.1, -0.05) is 49.9 Å². The number of nitrogens with one attached hydrogen (secondary N) is 1. The van der Waals surface area contributed by atoms with Crippen molar-refractivity contribution in [2.75, 3.05) is 17.2 Å². The van der Waals surface area contributed by atoms with Crippen LogP contribution in [0, 0.1) is 5.82 Å². The standard InChI is InChI=1S/C31H27F5N6O2S/c1-19(2)25-16-22(32)8-13-27(25)41-14-3-15-45-30(41)39-29(43)37-17-26(33)20-4-6-21(7-5-20)28-38-18-42(40-28)23-9-11-24(12-10-23)44-31(34,35)36/h4-13,16-19H,3,14-15H2,1-2H3,(H,37,43)/b26-17-,39-30-. The minimum atomic E-state index is -4.79. The molecule has 1 saturated heterocycles. The molecule has 1 aliphatic heterocycles. The van der Waals surface area contributed by atoms with Crippen molar-refractivity contribution in [1.82, 2.24) is 20.1 Å². The molecule has 0 saturated carbocycles. The van der Waals surface area contributed by atoms with Crippen molar-refractivity contribution in [3.8, 4) is 22.8 Å². The van der Waals surface area contributed by atoms with E-state index in [0.29, 0.717) is 28.8 Å². The van der Waals surface area contributed by atoms with E-state index in [1.807, 2.05) is 18.7 Å². The third-order valence-corrected chi connectivity index (χ3v) is 7.72. The number of thioether (sulfide) groups is 1. The molecule has 1 fully saturated rings. The molecule has 1 N–H and O–H groups in total. The number of aromatic nitrogens is 3. The van der Waals surface area contributed by atoms with Crippen LogP contribution in [0.3, 0.4) is 0 Å². The Bertz CT molecular complexity index is 1720. The van der Waals surface area contributed by atoms with E-state index in [-0.39, 0.29) is 23.0 Å². The van der Waals surface area contributed by atoms with Gasteiger partial charge in [0.2, 0.25) is 0 Å². The van der Waals surface area contributed by atoms with Crippen LogP contribution in [0.5, 0.6) is 5.75 Å². The van der Waals surface area contributed by atoms with Crippen molar-refractivity contribution >= 4 is 34.5 Å². The maximum Gasteiger partial charge on any atom is 0.573 e. The average molecular weight is 643 g/mol. The van der Waals surface area contributed by atoms with E-state index in [9.17, 15) is 26.7 Å². The molecule has 2 heterocycles. The molecule has 0 spiro atoms. The van der Waals surface area contributed by atoms with Crippen molar-refractivity contribution in [3.63, 3.8) is 0 Å². The van der Waals surface area contributed by atoms with E-state index < -0.39 is 18.2 Å². The summed E-state index contributed by atoms with van der Waals surface area (Å²) >= 11 is 1.40. The molecule has 14 heteroatoms.